The molecule has 4 saturated heterocycles. The fourth-order valence-corrected chi connectivity index (χ4v) is 4.56. The van der Waals surface area contributed by atoms with Gasteiger partial charge in [0, 0.05) is 44.5 Å². The van der Waals surface area contributed by atoms with Crippen molar-refractivity contribution in [3.8, 4) is 0 Å². The molecule has 24 heavy (non-hydrogen) atoms. The van der Waals surface area contributed by atoms with Crippen LogP contribution in [0.5, 0.6) is 0 Å². The van der Waals surface area contributed by atoms with Crippen molar-refractivity contribution < 1.29 is 9.90 Å². The number of nitrogens with zero attached hydrogens (tertiary/aromatic N) is 4. The summed E-state index contributed by atoms with van der Waals surface area (Å²) in [5.41, 5.74) is 1.19. The molecule has 0 aliphatic carbocycles. The lowest BCUT2D eigenvalue weighted by atomic mass is 9.83. The number of hydrogen-bond donors (Lipinski definition) is 1. The molecule has 4 aliphatic rings. The first kappa shape index (κ1) is 15.8. The van der Waals surface area contributed by atoms with Crippen molar-refractivity contribution >= 4 is 11.8 Å². The average Bonchev–Trinajstić information content (AvgIpc) is 2.62. The number of aryl methyl sites for hydroxylation is 1. The predicted octanol–water partition coefficient (Wildman–Crippen LogP) is 1.30. The zero-order chi connectivity index (χ0) is 16.7. The summed E-state index contributed by atoms with van der Waals surface area (Å²) in [6, 6.07) is 4.15. The second-order valence-electron chi connectivity index (χ2n) is 7.36. The fourth-order valence-electron chi connectivity index (χ4n) is 4.56. The van der Waals surface area contributed by atoms with E-state index in [0.29, 0.717) is 17.4 Å². The predicted molar refractivity (Wildman–Crippen MR) is 92.7 cm³/mol. The molecule has 4 fully saturated rings. The molecule has 5 heterocycles. The minimum atomic E-state index is -0.891. The zero-order valence-corrected chi connectivity index (χ0v) is 14.3. The lowest BCUT2D eigenvalue weighted by molar-refractivity contribution is 0.00304. The summed E-state index contributed by atoms with van der Waals surface area (Å²) < 4.78 is 0. The molecule has 0 radical (unpaired) electrons. The highest BCUT2D eigenvalue weighted by atomic mass is 16.4. The summed E-state index contributed by atoms with van der Waals surface area (Å²) >= 11 is 0. The number of piperazine rings is 1. The topological polar surface area (TPSA) is 59.9 Å². The van der Waals surface area contributed by atoms with E-state index < -0.39 is 5.97 Å². The van der Waals surface area contributed by atoms with Gasteiger partial charge in [-0.15, -0.1) is 0 Å². The van der Waals surface area contributed by atoms with Crippen LogP contribution in [0.25, 0.3) is 0 Å². The molecule has 1 atom stereocenters. The largest absolute Gasteiger partial charge is 0.478 e. The Balaban J connectivity index is 1.45. The molecular weight excluding hydrogens is 304 g/mol. The Kier molecular flexibility index (Phi) is 4.18. The van der Waals surface area contributed by atoms with Crippen LogP contribution in [0.3, 0.4) is 0 Å². The Bertz CT molecular complexity index is 619. The van der Waals surface area contributed by atoms with E-state index in [1.54, 1.807) is 12.1 Å². The molecular formula is C18H26N4O2. The van der Waals surface area contributed by atoms with Crippen LogP contribution in [0.1, 0.15) is 28.9 Å². The second kappa shape index (κ2) is 6.33. The maximum absolute atomic E-state index is 11.5. The van der Waals surface area contributed by atoms with Gasteiger partial charge >= 0.3 is 5.97 Å². The molecule has 2 bridgehead atoms. The standard InChI is InChI=1S/C18H26N4O2/c1-13-2-3-15(18(23)24)17(19-13)22-10-8-21(9-11-22)16-12-20-6-4-14(16)5-7-20/h2-3,14,16H,4-12H2,1H3,(H,23,24). The van der Waals surface area contributed by atoms with Crippen LogP contribution >= 0.6 is 0 Å². The molecule has 130 valence electrons. The number of carbonyl (C=O) groups is 1. The Labute approximate surface area is 143 Å². The first-order valence-electron chi connectivity index (χ1n) is 9.04. The first-order valence-corrected chi connectivity index (χ1v) is 9.04. The number of pyridine rings is 1. The smallest absolute Gasteiger partial charge is 0.339 e. The molecule has 0 aromatic carbocycles. The van der Waals surface area contributed by atoms with Gasteiger partial charge in [-0.2, -0.15) is 0 Å². The molecule has 1 unspecified atom stereocenters. The van der Waals surface area contributed by atoms with E-state index in [1.165, 1.54) is 32.5 Å². The maximum atomic E-state index is 11.5. The maximum Gasteiger partial charge on any atom is 0.339 e. The first-order chi connectivity index (χ1) is 11.6. The van der Waals surface area contributed by atoms with Gasteiger partial charge in [0.2, 0.25) is 0 Å². The van der Waals surface area contributed by atoms with Crippen LogP contribution in [0.4, 0.5) is 5.82 Å². The third kappa shape index (κ3) is 2.89. The molecule has 1 aromatic heterocycles. The van der Waals surface area contributed by atoms with Gasteiger partial charge < -0.3 is 14.9 Å². The molecule has 1 aromatic rings. The molecule has 1 N–H and O–H groups in total. The van der Waals surface area contributed by atoms with Gasteiger partial charge in [-0.3, -0.25) is 4.90 Å². The fraction of sp³-hybridized carbons (Fsp3) is 0.667. The second-order valence-corrected chi connectivity index (χ2v) is 7.36. The van der Waals surface area contributed by atoms with Crippen molar-refractivity contribution in [3.63, 3.8) is 0 Å². The van der Waals surface area contributed by atoms with Crippen molar-refractivity contribution in [2.45, 2.75) is 25.8 Å². The highest BCUT2D eigenvalue weighted by molar-refractivity contribution is 5.93. The number of rotatable bonds is 3. The molecule has 5 rings (SSSR count). The van der Waals surface area contributed by atoms with Gasteiger partial charge in [0.25, 0.3) is 0 Å². The lowest BCUT2D eigenvalue weighted by Crippen LogP contribution is -2.61. The number of piperidine rings is 3. The minimum Gasteiger partial charge on any atom is -0.478 e. The number of carboxylic acids is 1. The molecule has 4 aliphatic heterocycles. The zero-order valence-electron chi connectivity index (χ0n) is 14.3. The van der Waals surface area contributed by atoms with E-state index in [9.17, 15) is 9.90 Å². The van der Waals surface area contributed by atoms with Crippen LogP contribution in [0, 0.1) is 12.8 Å². The van der Waals surface area contributed by atoms with Crippen LogP contribution in [-0.2, 0) is 0 Å². The molecule has 0 saturated carbocycles. The van der Waals surface area contributed by atoms with Gasteiger partial charge in [-0.05, 0) is 50.9 Å². The number of fused-ring (bicyclic) bond motifs is 3. The van der Waals surface area contributed by atoms with Crippen molar-refractivity contribution in [1.82, 2.24) is 14.8 Å². The molecule has 6 nitrogen and oxygen atoms in total. The Morgan fingerprint density at radius 3 is 2.42 bits per heavy atom. The summed E-state index contributed by atoms with van der Waals surface area (Å²) in [5.74, 6) is 0.599. The van der Waals surface area contributed by atoms with E-state index in [-0.39, 0.29) is 0 Å². The Morgan fingerprint density at radius 1 is 1.12 bits per heavy atom. The van der Waals surface area contributed by atoms with E-state index in [2.05, 4.69) is 19.7 Å². The van der Waals surface area contributed by atoms with Crippen LogP contribution in [0.15, 0.2) is 12.1 Å². The van der Waals surface area contributed by atoms with Crippen LogP contribution < -0.4 is 4.90 Å². The highest BCUT2D eigenvalue weighted by Crippen LogP contribution is 2.32. The Morgan fingerprint density at radius 2 is 1.83 bits per heavy atom. The van der Waals surface area contributed by atoms with Crippen molar-refractivity contribution in [2.75, 3.05) is 50.7 Å². The quantitative estimate of drug-likeness (QED) is 0.902. The van der Waals surface area contributed by atoms with E-state index in [1.807, 2.05) is 6.92 Å². The summed E-state index contributed by atoms with van der Waals surface area (Å²) in [4.78, 5) is 23.4. The van der Waals surface area contributed by atoms with Crippen molar-refractivity contribution in [1.29, 1.82) is 0 Å². The monoisotopic (exact) mass is 330 g/mol. The van der Waals surface area contributed by atoms with Crippen LogP contribution in [0.2, 0.25) is 0 Å². The van der Waals surface area contributed by atoms with Gasteiger partial charge in [-0.25, -0.2) is 9.78 Å². The van der Waals surface area contributed by atoms with Crippen LogP contribution in [-0.4, -0.2) is 77.7 Å². The van der Waals surface area contributed by atoms with E-state index in [0.717, 1.165) is 37.8 Å². The van der Waals surface area contributed by atoms with E-state index in [4.69, 9.17) is 0 Å². The number of aromatic carboxylic acids is 1. The van der Waals surface area contributed by atoms with Gasteiger partial charge in [0.1, 0.15) is 11.4 Å². The summed E-state index contributed by atoms with van der Waals surface area (Å²) in [5, 5.41) is 9.43. The number of aromatic nitrogens is 1. The highest BCUT2D eigenvalue weighted by Gasteiger charge is 2.38. The van der Waals surface area contributed by atoms with E-state index >= 15 is 0 Å². The number of anilines is 1. The molecule has 0 spiro atoms. The molecule has 6 heteroatoms. The van der Waals surface area contributed by atoms with Gasteiger partial charge in [0.05, 0.1) is 0 Å². The normalized spacial score (nSPS) is 30.5. The van der Waals surface area contributed by atoms with Crippen molar-refractivity contribution in [3.05, 3.63) is 23.4 Å². The van der Waals surface area contributed by atoms with Gasteiger partial charge in [-0.1, -0.05) is 0 Å². The van der Waals surface area contributed by atoms with Gasteiger partial charge in [0.15, 0.2) is 0 Å². The Hall–Kier alpha value is -1.66. The number of carboxylic acid groups (broad SMARTS) is 1. The third-order valence-corrected chi connectivity index (χ3v) is 5.95. The summed E-state index contributed by atoms with van der Waals surface area (Å²) in [6.07, 6.45) is 2.68. The summed E-state index contributed by atoms with van der Waals surface area (Å²) in [7, 11) is 0. The van der Waals surface area contributed by atoms with Crippen molar-refractivity contribution in [2.24, 2.45) is 5.92 Å². The minimum absolute atomic E-state index is 0.317. The number of hydrogen-bond acceptors (Lipinski definition) is 5. The molecule has 0 amide bonds. The average molecular weight is 330 g/mol. The lowest BCUT2D eigenvalue weighted by Gasteiger charge is -2.51. The summed E-state index contributed by atoms with van der Waals surface area (Å²) in [6.45, 7) is 9.41. The SMILES string of the molecule is Cc1ccc(C(=O)O)c(N2CCN(C3CN4CCC3CC4)CC2)n1. The third-order valence-electron chi connectivity index (χ3n) is 5.95.